The summed E-state index contributed by atoms with van der Waals surface area (Å²) in [5.41, 5.74) is 6.52. The number of carbonyl (C=O) groups excluding carboxylic acids is 1. The van der Waals surface area contributed by atoms with E-state index in [1.165, 1.54) is 19.3 Å². The first-order valence-corrected chi connectivity index (χ1v) is 8.10. The topological polar surface area (TPSA) is 55.1 Å². The summed E-state index contributed by atoms with van der Waals surface area (Å²) in [6.45, 7) is 7.49. The number of halogens is 1. The molecule has 2 fully saturated rings. The third-order valence-corrected chi connectivity index (χ3v) is 6.17. The molecule has 4 unspecified atom stereocenters. The predicted octanol–water partition coefficient (Wildman–Crippen LogP) is 3.11. The molecule has 3 N–H and O–H groups in total. The molecule has 0 saturated heterocycles. The first-order valence-electron chi connectivity index (χ1n) is 8.10. The van der Waals surface area contributed by atoms with Crippen LogP contribution in [-0.2, 0) is 4.79 Å². The van der Waals surface area contributed by atoms with Crippen LogP contribution in [0.2, 0.25) is 0 Å². The Kier molecular flexibility index (Phi) is 6.33. The Morgan fingerprint density at radius 2 is 1.70 bits per heavy atom. The van der Waals surface area contributed by atoms with E-state index < -0.39 is 0 Å². The van der Waals surface area contributed by atoms with Gasteiger partial charge in [-0.1, -0.05) is 20.8 Å². The standard InChI is InChI=1S/C16H30N2O.ClH/c1-4-16(5-2,6-3)10-18-15(19)13-11-7-8-12(9-11)14(13)17;/h11-14H,4-10,17H2,1-3H3,(H,18,19);1H. The Hall–Kier alpha value is -0.280. The van der Waals surface area contributed by atoms with Crippen molar-refractivity contribution in [2.45, 2.75) is 65.3 Å². The maximum atomic E-state index is 12.4. The fourth-order valence-corrected chi connectivity index (χ4v) is 4.24. The second-order valence-electron chi connectivity index (χ2n) is 6.71. The quantitative estimate of drug-likeness (QED) is 0.792. The van der Waals surface area contributed by atoms with E-state index in [0.29, 0.717) is 11.8 Å². The number of hydrogen-bond acceptors (Lipinski definition) is 2. The number of nitrogens with one attached hydrogen (secondary N) is 1. The summed E-state index contributed by atoms with van der Waals surface area (Å²) >= 11 is 0. The fourth-order valence-electron chi connectivity index (χ4n) is 4.24. The first kappa shape index (κ1) is 17.8. The van der Waals surface area contributed by atoms with Crippen LogP contribution in [0.25, 0.3) is 0 Å². The summed E-state index contributed by atoms with van der Waals surface area (Å²) in [7, 11) is 0. The molecule has 20 heavy (non-hydrogen) atoms. The van der Waals surface area contributed by atoms with Gasteiger partial charge in [0, 0.05) is 12.6 Å². The lowest BCUT2D eigenvalue weighted by molar-refractivity contribution is -0.127. The number of nitrogens with two attached hydrogens (primary N) is 1. The fraction of sp³-hybridized carbons (Fsp3) is 0.938. The molecular formula is C16H31ClN2O. The van der Waals surface area contributed by atoms with Gasteiger partial charge in [-0.2, -0.15) is 0 Å². The lowest BCUT2D eigenvalue weighted by Crippen LogP contribution is -2.47. The van der Waals surface area contributed by atoms with Crippen molar-refractivity contribution in [3.8, 4) is 0 Å². The van der Waals surface area contributed by atoms with Crippen molar-refractivity contribution in [2.24, 2.45) is 28.9 Å². The van der Waals surface area contributed by atoms with Crippen LogP contribution >= 0.6 is 12.4 Å². The lowest BCUT2D eigenvalue weighted by atomic mass is 9.79. The number of fused-ring (bicyclic) bond motifs is 2. The van der Waals surface area contributed by atoms with Gasteiger partial charge < -0.3 is 11.1 Å². The molecule has 2 aliphatic rings. The highest BCUT2D eigenvalue weighted by atomic mass is 35.5. The van der Waals surface area contributed by atoms with Gasteiger partial charge in [-0.25, -0.2) is 0 Å². The summed E-state index contributed by atoms with van der Waals surface area (Å²) in [6, 6.07) is 0.109. The molecule has 118 valence electrons. The van der Waals surface area contributed by atoms with Crippen molar-refractivity contribution >= 4 is 18.3 Å². The highest BCUT2D eigenvalue weighted by Gasteiger charge is 2.49. The molecule has 2 rings (SSSR count). The molecule has 4 atom stereocenters. The molecule has 0 aromatic heterocycles. The maximum absolute atomic E-state index is 12.4. The Balaban J connectivity index is 0.00000200. The van der Waals surface area contributed by atoms with Crippen LogP contribution in [0.15, 0.2) is 0 Å². The van der Waals surface area contributed by atoms with Crippen LogP contribution in [0.1, 0.15) is 59.3 Å². The van der Waals surface area contributed by atoms with Crippen LogP contribution in [0.4, 0.5) is 0 Å². The second-order valence-corrected chi connectivity index (χ2v) is 6.71. The highest BCUT2D eigenvalue weighted by Crippen LogP contribution is 2.47. The van der Waals surface area contributed by atoms with Gasteiger partial charge in [0.15, 0.2) is 0 Å². The monoisotopic (exact) mass is 302 g/mol. The van der Waals surface area contributed by atoms with E-state index in [1.54, 1.807) is 0 Å². The van der Waals surface area contributed by atoms with Gasteiger partial charge in [0.25, 0.3) is 0 Å². The van der Waals surface area contributed by atoms with Crippen molar-refractivity contribution in [1.82, 2.24) is 5.32 Å². The summed E-state index contributed by atoms with van der Waals surface area (Å²) in [5.74, 6) is 1.47. The zero-order chi connectivity index (χ0) is 14.0. The molecule has 0 radical (unpaired) electrons. The maximum Gasteiger partial charge on any atom is 0.224 e. The molecule has 1 amide bonds. The zero-order valence-corrected chi connectivity index (χ0v) is 14.0. The van der Waals surface area contributed by atoms with E-state index in [2.05, 4.69) is 26.1 Å². The van der Waals surface area contributed by atoms with Gasteiger partial charge in [-0.15, -0.1) is 12.4 Å². The molecule has 0 aromatic rings. The number of carbonyl (C=O) groups is 1. The van der Waals surface area contributed by atoms with Crippen LogP contribution in [0, 0.1) is 23.2 Å². The van der Waals surface area contributed by atoms with Crippen LogP contribution < -0.4 is 11.1 Å². The Bertz CT molecular complexity index is 320. The molecule has 2 aliphatic carbocycles. The summed E-state index contributed by atoms with van der Waals surface area (Å²) in [4.78, 5) is 12.4. The van der Waals surface area contributed by atoms with Crippen molar-refractivity contribution in [3.63, 3.8) is 0 Å². The van der Waals surface area contributed by atoms with E-state index in [4.69, 9.17) is 5.73 Å². The molecule has 0 heterocycles. The first-order chi connectivity index (χ1) is 9.06. The summed E-state index contributed by atoms with van der Waals surface area (Å²) in [6.07, 6.45) is 7.00. The molecule has 0 aromatic carbocycles. The van der Waals surface area contributed by atoms with Crippen molar-refractivity contribution in [3.05, 3.63) is 0 Å². The van der Waals surface area contributed by atoms with E-state index in [0.717, 1.165) is 25.8 Å². The summed E-state index contributed by atoms with van der Waals surface area (Å²) in [5, 5.41) is 3.21. The minimum Gasteiger partial charge on any atom is -0.355 e. The van der Waals surface area contributed by atoms with Gasteiger partial charge >= 0.3 is 0 Å². The molecule has 0 aliphatic heterocycles. The van der Waals surface area contributed by atoms with Crippen LogP contribution in [0.3, 0.4) is 0 Å². The summed E-state index contributed by atoms with van der Waals surface area (Å²) < 4.78 is 0. The molecule has 2 saturated carbocycles. The Morgan fingerprint density at radius 3 is 2.15 bits per heavy atom. The average Bonchev–Trinajstić information content (AvgIpc) is 3.01. The van der Waals surface area contributed by atoms with Crippen molar-refractivity contribution < 1.29 is 4.79 Å². The van der Waals surface area contributed by atoms with E-state index in [1.807, 2.05) is 0 Å². The van der Waals surface area contributed by atoms with Gasteiger partial charge in [0.2, 0.25) is 5.91 Å². The zero-order valence-electron chi connectivity index (χ0n) is 13.2. The van der Waals surface area contributed by atoms with Gasteiger partial charge in [-0.05, 0) is 55.8 Å². The highest BCUT2D eigenvalue weighted by molar-refractivity contribution is 5.85. The molecule has 2 bridgehead atoms. The Morgan fingerprint density at radius 1 is 1.15 bits per heavy atom. The van der Waals surface area contributed by atoms with Gasteiger partial charge in [0.05, 0.1) is 5.92 Å². The van der Waals surface area contributed by atoms with Crippen LogP contribution in [0.5, 0.6) is 0 Å². The molecule has 4 heteroatoms. The van der Waals surface area contributed by atoms with Gasteiger partial charge in [0.1, 0.15) is 0 Å². The third kappa shape index (κ3) is 3.14. The molecular weight excluding hydrogens is 272 g/mol. The Labute approximate surface area is 129 Å². The minimum atomic E-state index is 0. The predicted molar refractivity (Wildman–Crippen MR) is 85.9 cm³/mol. The average molecular weight is 303 g/mol. The second kappa shape index (κ2) is 7.13. The van der Waals surface area contributed by atoms with Gasteiger partial charge in [-0.3, -0.25) is 4.79 Å². The largest absolute Gasteiger partial charge is 0.355 e. The molecule has 0 spiro atoms. The molecule has 3 nitrogen and oxygen atoms in total. The number of rotatable bonds is 6. The lowest BCUT2D eigenvalue weighted by Gasteiger charge is -2.33. The number of hydrogen-bond donors (Lipinski definition) is 2. The van der Waals surface area contributed by atoms with Crippen LogP contribution in [-0.4, -0.2) is 18.5 Å². The minimum absolute atomic E-state index is 0. The normalized spacial score (nSPS) is 32.0. The van der Waals surface area contributed by atoms with Crippen molar-refractivity contribution in [2.75, 3.05) is 6.54 Å². The third-order valence-electron chi connectivity index (χ3n) is 6.17. The van der Waals surface area contributed by atoms with E-state index in [-0.39, 0.29) is 35.7 Å². The number of amides is 1. The van der Waals surface area contributed by atoms with E-state index >= 15 is 0 Å². The van der Waals surface area contributed by atoms with E-state index in [9.17, 15) is 4.79 Å². The SMILES string of the molecule is CCC(CC)(CC)CNC(=O)C1C2CCC(C2)C1N.Cl. The smallest absolute Gasteiger partial charge is 0.224 e. The van der Waals surface area contributed by atoms with Crippen molar-refractivity contribution in [1.29, 1.82) is 0 Å².